The molecule has 0 saturated heterocycles. The predicted molar refractivity (Wildman–Crippen MR) is 49.6 cm³/mol. The summed E-state index contributed by atoms with van der Waals surface area (Å²) in [6.45, 7) is 1.65. The number of hydrogen-bond donors (Lipinski definition) is 0. The second-order valence-electron chi connectivity index (χ2n) is 3.08. The third-order valence-corrected chi connectivity index (χ3v) is 1.97. The van der Waals surface area contributed by atoms with Gasteiger partial charge in [0.15, 0.2) is 5.65 Å². The molecule has 0 bridgehead atoms. The zero-order chi connectivity index (χ0) is 10.8. The number of halogens is 2. The molecule has 0 spiro atoms. The van der Waals surface area contributed by atoms with E-state index in [0.29, 0.717) is 16.9 Å². The summed E-state index contributed by atoms with van der Waals surface area (Å²) in [5.74, 6) is 0. The molecule has 2 heterocycles. The molecule has 2 aromatic rings. The van der Waals surface area contributed by atoms with Crippen LogP contribution in [0.25, 0.3) is 11.2 Å². The highest BCUT2D eigenvalue weighted by Gasteiger charge is 2.11. The van der Waals surface area contributed by atoms with Crippen molar-refractivity contribution in [1.82, 2.24) is 19.9 Å². The Morgan fingerprint density at radius 3 is 2.87 bits per heavy atom. The largest absolute Gasteiger partial charge is 0.246 e. The number of rotatable bonds is 2. The fourth-order valence-corrected chi connectivity index (χ4v) is 1.27. The lowest BCUT2D eigenvalue weighted by atomic mass is 10.2. The maximum Gasteiger partial charge on any atom is 0.244 e. The summed E-state index contributed by atoms with van der Waals surface area (Å²) in [4.78, 5) is 15.8. The first-order valence-corrected chi connectivity index (χ1v) is 4.38. The van der Waals surface area contributed by atoms with E-state index >= 15 is 0 Å². The van der Waals surface area contributed by atoms with Gasteiger partial charge in [-0.05, 0) is 6.92 Å². The molecule has 0 N–H and O–H groups in total. The van der Waals surface area contributed by atoms with E-state index < -0.39 is 12.8 Å². The molecule has 15 heavy (non-hydrogen) atoms. The highest BCUT2D eigenvalue weighted by molar-refractivity contribution is 5.68. The lowest BCUT2D eigenvalue weighted by molar-refractivity contribution is 0.147. The SMILES string of the molecule is Cc1nc2cncnc2nc1CC(F)F. The lowest BCUT2D eigenvalue weighted by Gasteiger charge is -2.04. The van der Waals surface area contributed by atoms with Crippen molar-refractivity contribution >= 4 is 11.2 Å². The Bertz CT molecular complexity index is 486. The van der Waals surface area contributed by atoms with E-state index in [4.69, 9.17) is 0 Å². The lowest BCUT2D eigenvalue weighted by Crippen LogP contribution is -2.05. The first-order valence-electron chi connectivity index (χ1n) is 4.38. The van der Waals surface area contributed by atoms with Crippen LogP contribution in [0.5, 0.6) is 0 Å². The quantitative estimate of drug-likeness (QED) is 0.754. The molecule has 0 aliphatic heterocycles. The fraction of sp³-hybridized carbons (Fsp3) is 0.333. The second kappa shape index (κ2) is 3.80. The van der Waals surface area contributed by atoms with Crippen LogP contribution in [0.4, 0.5) is 8.78 Å². The Balaban J connectivity index is 2.52. The van der Waals surface area contributed by atoms with Gasteiger partial charge in [-0.3, -0.25) is 0 Å². The number of nitrogens with zero attached hydrogens (tertiary/aromatic N) is 4. The van der Waals surface area contributed by atoms with Crippen LogP contribution in [0, 0.1) is 6.92 Å². The van der Waals surface area contributed by atoms with E-state index in [9.17, 15) is 8.78 Å². The minimum atomic E-state index is -2.42. The highest BCUT2D eigenvalue weighted by Crippen LogP contribution is 2.12. The van der Waals surface area contributed by atoms with E-state index in [1.807, 2.05) is 0 Å². The topological polar surface area (TPSA) is 51.6 Å². The molecular weight excluding hydrogens is 202 g/mol. The fourth-order valence-electron chi connectivity index (χ4n) is 1.27. The van der Waals surface area contributed by atoms with E-state index in [0.717, 1.165) is 0 Å². The molecule has 78 valence electrons. The van der Waals surface area contributed by atoms with Crippen LogP contribution in [0.15, 0.2) is 12.5 Å². The van der Waals surface area contributed by atoms with Crippen LogP contribution < -0.4 is 0 Å². The molecule has 0 fully saturated rings. The van der Waals surface area contributed by atoms with Gasteiger partial charge in [0.25, 0.3) is 0 Å². The van der Waals surface area contributed by atoms with Gasteiger partial charge in [0.05, 0.1) is 24.0 Å². The van der Waals surface area contributed by atoms with Crippen LogP contribution in [0.3, 0.4) is 0 Å². The van der Waals surface area contributed by atoms with Crippen molar-refractivity contribution in [3.8, 4) is 0 Å². The Hall–Kier alpha value is -1.72. The van der Waals surface area contributed by atoms with Crippen molar-refractivity contribution in [2.24, 2.45) is 0 Å². The van der Waals surface area contributed by atoms with Crippen LogP contribution in [-0.4, -0.2) is 26.4 Å². The minimum Gasteiger partial charge on any atom is -0.246 e. The van der Waals surface area contributed by atoms with Gasteiger partial charge >= 0.3 is 0 Å². The Morgan fingerprint density at radius 1 is 1.33 bits per heavy atom. The maximum atomic E-state index is 12.2. The number of fused-ring (bicyclic) bond motifs is 1. The molecule has 2 rings (SSSR count). The van der Waals surface area contributed by atoms with Gasteiger partial charge < -0.3 is 0 Å². The first-order chi connectivity index (χ1) is 7.16. The van der Waals surface area contributed by atoms with Gasteiger partial charge in [-0.2, -0.15) is 0 Å². The molecule has 0 atom stereocenters. The molecular formula is C9H8F2N4. The van der Waals surface area contributed by atoms with Gasteiger partial charge in [0, 0.05) is 0 Å². The minimum absolute atomic E-state index is 0.288. The third kappa shape index (κ3) is 2.03. The monoisotopic (exact) mass is 210 g/mol. The van der Waals surface area contributed by atoms with Gasteiger partial charge in [0.2, 0.25) is 6.43 Å². The van der Waals surface area contributed by atoms with Gasteiger partial charge in [-0.1, -0.05) is 0 Å². The molecule has 0 amide bonds. The summed E-state index contributed by atoms with van der Waals surface area (Å²) in [5.41, 5.74) is 1.66. The smallest absolute Gasteiger partial charge is 0.244 e. The van der Waals surface area contributed by atoms with Crippen molar-refractivity contribution in [2.45, 2.75) is 19.8 Å². The van der Waals surface area contributed by atoms with Crippen LogP contribution in [0.2, 0.25) is 0 Å². The molecule has 2 aromatic heterocycles. The molecule has 6 heteroatoms. The third-order valence-electron chi connectivity index (χ3n) is 1.97. The summed E-state index contributed by atoms with van der Waals surface area (Å²) >= 11 is 0. The molecule has 0 aromatic carbocycles. The van der Waals surface area contributed by atoms with E-state index in [2.05, 4.69) is 19.9 Å². The zero-order valence-corrected chi connectivity index (χ0v) is 7.98. The van der Waals surface area contributed by atoms with Crippen molar-refractivity contribution in [2.75, 3.05) is 0 Å². The zero-order valence-electron chi connectivity index (χ0n) is 7.98. The van der Waals surface area contributed by atoms with Crippen molar-refractivity contribution in [3.63, 3.8) is 0 Å². The van der Waals surface area contributed by atoms with Crippen molar-refractivity contribution in [1.29, 1.82) is 0 Å². The van der Waals surface area contributed by atoms with Gasteiger partial charge in [-0.15, -0.1) is 0 Å². The average Bonchev–Trinajstić information content (AvgIpc) is 2.18. The summed E-state index contributed by atoms with van der Waals surface area (Å²) in [6, 6.07) is 0. The average molecular weight is 210 g/mol. The summed E-state index contributed by atoms with van der Waals surface area (Å²) in [7, 11) is 0. The van der Waals surface area contributed by atoms with Crippen LogP contribution in [0.1, 0.15) is 11.4 Å². The molecule has 0 unspecified atom stereocenters. The van der Waals surface area contributed by atoms with E-state index in [1.165, 1.54) is 12.5 Å². The van der Waals surface area contributed by atoms with E-state index in [1.54, 1.807) is 6.92 Å². The molecule has 0 saturated carbocycles. The maximum absolute atomic E-state index is 12.2. The van der Waals surface area contributed by atoms with Crippen molar-refractivity contribution in [3.05, 3.63) is 23.9 Å². The molecule has 4 nitrogen and oxygen atoms in total. The van der Waals surface area contributed by atoms with Crippen LogP contribution in [-0.2, 0) is 6.42 Å². The Labute approximate surface area is 84.4 Å². The highest BCUT2D eigenvalue weighted by atomic mass is 19.3. The normalized spacial score (nSPS) is 11.2. The van der Waals surface area contributed by atoms with Gasteiger partial charge in [0.1, 0.15) is 11.8 Å². The first kappa shape index (κ1) is 9.82. The van der Waals surface area contributed by atoms with Crippen LogP contribution >= 0.6 is 0 Å². The number of hydrogen-bond acceptors (Lipinski definition) is 4. The van der Waals surface area contributed by atoms with Crippen molar-refractivity contribution < 1.29 is 8.78 Å². The molecule has 0 aliphatic carbocycles. The number of alkyl halides is 2. The summed E-state index contributed by atoms with van der Waals surface area (Å²) < 4.78 is 24.4. The summed E-state index contributed by atoms with van der Waals surface area (Å²) in [6.07, 6.45) is 0.0171. The summed E-state index contributed by atoms with van der Waals surface area (Å²) in [5, 5.41) is 0. The molecule has 0 radical (unpaired) electrons. The number of aryl methyl sites for hydroxylation is 1. The second-order valence-corrected chi connectivity index (χ2v) is 3.08. The van der Waals surface area contributed by atoms with Gasteiger partial charge in [-0.25, -0.2) is 28.7 Å². The predicted octanol–water partition coefficient (Wildman–Crippen LogP) is 1.54. The number of aromatic nitrogens is 4. The standard InChI is InChI=1S/C9H8F2N4/c1-5-6(2-8(10)11)15-9-7(14-5)3-12-4-13-9/h3-4,8H,2H2,1H3. The Morgan fingerprint density at radius 2 is 2.13 bits per heavy atom. The Kier molecular flexibility index (Phi) is 2.49. The molecule has 0 aliphatic rings. The van der Waals surface area contributed by atoms with E-state index in [-0.39, 0.29) is 5.69 Å².